The molecule has 0 aliphatic carbocycles. The highest BCUT2D eigenvalue weighted by Gasteiger charge is 2.38. The van der Waals surface area contributed by atoms with E-state index in [2.05, 4.69) is 44.9 Å². The molecule has 0 saturated heterocycles. The molecule has 0 bridgehead atoms. The second-order valence-electron chi connectivity index (χ2n) is 30.8. The molecule has 20 rings (SSSR count). The van der Waals surface area contributed by atoms with Crippen LogP contribution in [0.3, 0.4) is 0 Å². The molecule has 0 amide bonds. The molecule has 35 nitrogen and oxygen atoms in total. The molecule has 0 radical (unpaired) electrons. The number of hydrogen-bond donors (Lipinski definition) is 10. The lowest BCUT2D eigenvalue weighted by atomic mass is 9.99. The van der Waals surface area contributed by atoms with Crippen LogP contribution < -0.4 is 52.4 Å². The highest BCUT2D eigenvalue weighted by atomic mass is 16.5. The van der Waals surface area contributed by atoms with Crippen molar-refractivity contribution < 1.29 is 72.9 Å². The molecule has 35 heteroatoms. The molecule has 15 heterocycles. The number of pyridine rings is 5. The van der Waals surface area contributed by atoms with Crippen LogP contribution in [-0.4, -0.2) is 193 Å². The minimum atomic E-state index is -1.04. The maximum atomic E-state index is 10.8. The lowest BCUT2D eigenvalue weighted by molar-refractivity contribution is -0.00451. The van der Waals surface area contributed by atoms with E-state index in [1.54, 1.807) is 27.7 Å². The summed E-state index contributed by atoms with van der Waals surface area (Å²) in [4.78, 5) is 45.5. The Morgan fingerprint density at radius 1 is 0.378 bits per heavy atom. The van der Waals surface area contributed by atoms with Crippen LogP contribution in [-0.2, 0) is 82.9 Å². The van der Waals surface area contributed by atoms with Crippen LogP contribution in [0, 0.1) is 0 Å². The number of benzene rings is 5. The predicted octanol–water partition coefficient (Wildman–Crippen LogP) is 9.01. The quantitative estimate of drug-likeness (QED) is 0.0431. The number of ether oxygens (including phenoxy) is 10. The van der Waals surface area contributed by atoms with Gasteiger partial charge in [-0.2, -0.15) is 0 Å². The van der Waals surface area contributed by atoms with E-state index < -0.39 is 29.0 Å². The maximum absolute atomic E-state index is 10.8. The van der Waals surface area contributed by atoms with E-state index in [4.69, 9.17) is 81.0 Å². The summed E-state index contributed by atoms with van der Waals surface area (Å²) in [7, 11) is 0. The average Bonchev–Trinajstić information content (AvgIpc) is 1.69. The van der Waals surface area contributed by atoms with Crippen molar-refractivity contribution in [1.82, 2.24) is 72.7 Å². The smallest absolute Gasteiger partial charge is 0.152 e. The first-order chi connectivity index (χ1) is 57.3. The van der Waals surface area contributed by atoms with Crippen LogP contribution in [0.2, 0.25) is 0 Å². The Balaban J connectivity index is 0.000000111. The van der Waals surface area contributed by atoms with Crippen LogP contribution in [0.25, 0.3) is 110 Å². The van der Waals surface area contributed by atoms with Gasteiger partial charge in [0.2, 0.25) is 0 Å². The number of nitrogen functional groups attached to an aromatic ring is 5. The van der Waals surface area contributed by atoms with Crippen molar-refractivity contribution in [2.45, 2.75) is 157 Å². The zero-order chi connectivity index (χ0) is 83.5. The number of aliphatic hydroxyl groups excluding tert-OH is 2. The molecule has 0 fully saturated rings. The monoisotopic (exact) mass is 1630 g/mol. The van der Waals surface area contributed by atoms with Gasteiger partial charge in [0, 0.05) is 33.0 Å². The predicted molar refractivity (Wildman–Crippen MR) is 450 cm³/mol. The Labute approximate surface area is 681 Å². The third kappa shape index (κ3) is 15.4. The summed E-state index contributed by atoms with van der Waals surface area (Å²) in [6.07, 6.45) is -1.27. The average molecular weight is 1630 g/mol. The molecule has 0 saturated carbocycles. The van der Waals surface area contributed by atoms with Gasteiger partial charge in [0.1, 0.15) is 175 Å². The van der Waals surface area contributed by atoms with Crippen molar-refractivity contribution in [3.63, 3.8) is 0 Å². The van der Waals surface area contributed by atoms with Crippen LogP contribution in [0.4, 0.5) is 29.1 Å². The molecule has 5 atom stereocenters. The van der Waals surface area contributed by atoms with Gasteiger partial charge in [-0.05, 0) is 123 Å². The molecular formula is C84H98N20O15. The largest absolute Gasteiger partial charge is 0.491 e. The van der Waals surface area contributed by atoms with Crippen molar-refractivity contribution in [3.05, 3.63) is 120 Å². The molecule has 119 heavy (non-hydrogen) atoms. The van der Waals surface area contributed by atoms with Gasteiger partial charge in [0.15, 0.2) is 29.1 Å². The van der Waals surface area contributed by atoms with Crippen molar-refractivity contribution in [3.8, 4) is 28.7 Å². The Bertz CT molecular complexity index is 6070. The number of anilines is 5. The zero-order valence-corrected chi connectivity index (χ0v) is 67.7. The summed E-state index contributed by atoms with van der Waals surface area (Å²) in [5.41, 5.74) is 38.6. The summed E-state index contributed by atoms with van der Waals surface area (Å²) < 4.78 is 66.9. The van der Waals surface area contributed by atoms with Gasteiger partial charge in [-0.1, -0.05) is 30.3 Å². The maximum Gasteiger partial charge on any atom is 0.152 e. The zero-order valence-electron chi connectivity index (χ0n) is 67.7. The van der Waals surface area contributed by atoms with Gasteiger partial charge in [-0.25, -0.2) is 49.8 Å². The van der Waals surface area contributed by atoms with Gasteiger partial charge in [0.05, 0.1) is 120 Å². The normalized spacial score (nSPS) is 18.5. The lowest BCUT2D eigenvalue weighted by Gasteiger charge is -2.30. The van der Waals surface area contributed by atoms with Gasteiger partial charge in [0.25, 0.3) is 0 Å². The first kappa shape index (κ1) is 80.9. The molecule has 0 spiro atoms. The number of rotatable bonds is 16. The molecule has 15 aromatic rings. The minimum absolute atomic E-state index is 0.184. The number of hydrogen-bond acceptors (Lipinski definition) is 30. The topological polar surface area (TPSA) is 477 Å². The molecular weight excluding hydrogens is 1530 g/mol. The molecule has 624 valence electrons. The van der Waals surface area contributed by atoms with E-state index in [1.165, 1.54) is 0 Å². The van der Waals surface area contributed by atoms with Gasteiger partial charge in [-0.3, -0.25) is 0 Å². The third-order valence-electron chi connectivity index (χ3n) is 21.2. The molecule has 0 unspecified atom stereocenters. The Hall–Kier alpha value is -11.9. The standard InChI is InChI=1S/C18H22N4O3.2C17H20N4O3.2C16H18N4O3/c1-4-24-9-13-21-15-16-14-10(20-17(15)19)6-5-7-11(14)25-8-12(22(13)16)18(2,3)23;2*1-3-23-7-12-20-14-15-13-10(19-16(14)18)5-4-6-11(13)24-9-17(2,22)8-21(12)15;2*1-2-22-8-12-19-14-15-13-10(18-16(14)17)4-3-5-11(13)23-7-9(21)6-20(12)15/h5-7,12,23H,4,8-9H2,1-3H3,(H2,19,20);2*4-6,22H,3,7-9H2,1-2H3,(H2,18,19);2*3-5,9,21H,2,6-8H2,1H3,(H2,17,18)/t12-;2*17-;2*9-/m01010/s1. The molecule has 15 N–H and O–H groups in total. The minimum Gasteiger partial charge on any atom is -0.491 e. The van der Waals surface area contributed by atoms with Crippen LogP contribution in [0.1, 0.15) is 97.5 Å². The van der Waals surface area contributed by atoms with Crippen LogP contribution in [0.15, 0.2) is 91.0 Å². The Kier molecular flexibility index (Phi) is 22.3. The van der Waals surface area contributed by atoms with Crippen LogP contribution >= 0.6 is 0 Å². The number of aliphatic hydroxyl groups is 5. The van der Waals surface area contributed by atoms with Crippen molar-refractivity contribution in [1.29, 1.82) is 0 Å². The Morgan fingerprint density at radius 2 is 0.639 bits per heavy atom. The first-order valence-corrected chi connectivity index (χ1v) is 39.7. The number of imidazole rings is 5. The highest BCUT2D eigenvalue weighted by Crippen LogP contribution is 2.45. The van der Waals surface area contributed by atoms with Gasteiger partial charge < -0.3 is 124 Å². The molecule has 5 aromatic carbocycles. The molecule has 5 aliphatic rings. The second kappa shape index (κ2) is 32.8. The van der Waals surface area contributed by atoms with E-state index in [-0.39, 0.29) is 32.5 Å². The van der Waals surface area contributed by atoms with Crippen molar-refractivity contribution in [2.24, 2.45) is 0 Å². The van der Waals surface area contributed by atoms with E-state index in [0.29, 0.717) is 184 Å². The van der Waals surface area contributed by atoms with E-state index in [0.717, 1.165) is 111 Å². The second-order valence-corrected chi connectivity index (χ2v) is 30.8. The van der Waals surface area contributed by atoms with Crippen molar-refractivity contribution >= 4 is 139 Å². The van der Waals surface area contributed by atoms with Gasteiger partial charge >= 0.3 is 0 Å². The Morgan fingerprint density at radius 3 is 0.950 bits per heavy atom. The summed E-state index contributed by atoms with van der Waals surface area (Å²) in [6, 6.07) is 27.9. The van der Waals surface area contributed by atoms with Crippen LogP contribution in [0.5, 0.6) is 28.7 Å². The molecule has 10 aromatic heterocycles. The lowest BCUT2D eigenvalue weighted by Crippen LogP contribution is -2.38. The van der Waals surface area contributed by atoms with E-state index in [1.807, 2.05) is 148 Å². The summed E-state index contributed by atoms with van der Waals surface area (Å²) in [5.74, 6) is 8.93. The first-order valence-electron chi connectivity index (χ1n) is 39.7. The fourth-order valence-electron chi connectivity index (χ4n) is 15.9. The summed E-state index contributed by atoms with van der Waals surface area (Å²) in [5, 5.41) is 57.0. The summed E-state index contributed by atoms with van der Waals surface area (Å²) >= 11 is 0. The van der Waals surface area contributed by atoms with E-state index in [9.17, 15) is 25.5 Å². The SMILES string of the molecule is CCOCc1nc2c(N)nc3cccc4c3c2n1C[C@@H](O)CO4.CCOCc1nc2c(N)nc3cccc4c3c2n1C[C@@](C)(O)CO4.CCOCc1nc2c(N)nc3cccc4c3c2n1C[C@H](O)CO4.CCOCc1nc2c(N)nc3cccc4c3c2n1C[C@](C)(O)CO4.CCOCc1nc2c(N)nc3cccc4c3c2n1[C@H](C(C)(C)O)CO4. The highest BCUT2D eigenvalue weighted by molar-refractivity contribution is 6.14. The third-order valence-corrected chi connectivity index (χ3v) is 21.2. The fourth-order valence-corrected chi connectivity index (χ4v) is 15.9. The molecule has 5 aliphatic heterocycles. The number of nitrogens with zero attached hydrogens (tertiary/aromatic N) is 15. The van der Waals surface area contributed by atoms with E-state index >= 15 is 0 Å². The fraction of sp³-hybridized carbons (Fsp3) is 0.405. The van der Waals surface area contributed by atoms with Crippen molar-refractivity contribution in [2.75, 3.05) is 94.7 Å². The van der Waals surface area contributed by atoms with Gasteiger partial charge in [-0.15, -0.1) is 0 Å². The number of aromatic nitrogens is 15. The summed E-state index contributed by atoms with van der Waals surface area (Å²) in [6.45, 7) is 24.0. The number of nitrogens with two attached hydrogens (primary N) is 5.